The average molecular weight is 357 g/mol. The molecule has 0 aliphatic carbocycles. The van der Waals surface area contributed by atoms with Gasteiger partial charge in [0.15, 0.2) is 5.13 Å². The maximum absolute atomic E-state index is 13.0. The summed E-state index contributed by atoms with van der Waals surface area (Å²) in [7, 11) is 0. The molecule has 1 atom stereocenters. The topological polar surface area (TPSA) is 39.6 Å². The Labute approximate surface area is 150 Å². The van der Waals surface area contributed by atoms with Gasteiger partial charge >= 0.3 is 0 Å². The van der Waals surface area contributed by atoms with Crippen LogP contribution in [-0.4, -0.2) is 47.7 Å². The Balaban J connectivity index is 1.35. The van der Waals surface area contributed by atoms with E-state index in [-0.39, 0.29) is 5.82 Å². The van der Waals surface area contributed by atoms with Crippen molar-refractivity contribution in [2.45, 2.75) is 6.10 Å². The molecule has 0 radical (unpaired) electrons. The van der Waals surface area contributed by atoms with Gasteiger partial charge in [-0.3, -0.25) is 4.90 Å². The SMILES string of the molecule is OC(CN1CCN(c2nc3ccccc3s2)CC1)c1ccc(F)cc1. The van der Waals surface area contributed by atoms with Gasteiger partial charge in [0.1, 0.15) is 5.82 Å². The lowest BCUT2D eigenvalue weighted by atomic mass is 10.1. The first kappa shape index (κ1) is 16.4. The Morgan fingerprint density at radius 1 is 1.04 bits per heavy atom. The number of aromatic nitrogens is 1. The Morgan fingerprint density at radius 2 is 1.76 bits per heavy atom. The van der Waals surface area contributed by atoms with Crippen molar-refractivity contribution in [3.63, 3.8) is 0 Å². The van der Waals surface area contributed by atoms with Crippen LogP contribution in [0.25, 0.3) is 10.2 Å². The zero-order chi connectivity index (χ0) is 17.2. The fourth-order valence-corrected chi connectivity index (χ4v) is 4.17. The van der Waals surface area contributed by atoms with E-state index in [1.165, 1.54) is 16.8 Å². The molecule has 0 bridgehead atoms. The molecule has 25 heavy (non-hydrogen) atoms. The average Bonchev–Trinajstić information content (AvgIpc) is 3.07. The first-order valence-corrected chi connectivity index (χ1v) is 9.27. The summed E-state index contributed by atoms with van der Waals surface area (Å²) in [4.78, 5) is 9.28. The number of aliphatic hydroxyl groups excluding tert-OH is 1. The lowest BCUT2D eigenvalue weighted by Gasteiger charge is -2.35. The molecule has 0 saturated carbocycles. The molecule has 0 spiro atoms. The minimum Gasteiger partial charge on any atom is -0.387 e. The highest BCUT2D eigenvalue weighted by Crippen LogP contribution is 2.29. The highest BCUT2D eigenvalue weighted by molar-refractivity contribution is 7.22. The highest BCUT2D eigenvalue weighted by atomic mass is 32.1. The van der Waals surface area contributed by atoms with E-state index >= 15 is 0 Å². The number of hydrogen-bond donors (Lipinski definition) is 1. The van der Waals surface area contributed by atoms with Crippen LogP contribution in [0.4, 0.5) is 9.52 Å². The maximum atomic E-state index is 13.0. The lowest BCUT2D eigenvalue weighted by molar-refractivity contribution is 0.109. The van der Waals surface area contributed by atoms with Crippen LogP contribution in [0, 0.1) is 5.82 Å². The van der Waals surface area contributed by atoms with Gasteiger partial charge in [0.25, 0.3) is 0 Å². The normalized spacial score (nSPS) is 17.1. The molecular weight excluding hydrogens is 337 g/mol. The van der Waals surface area contributed by atoms with Gasteiger partial charge < -0.3 is 10.0 Å². The zero-order valence-corrected chi connectivity index (χ0v) is 14.6. The molecule has 3 aromatic rings. The monoisotopic (exact) mass is 357 g/mol. The summed E-state index contributed by atoms with van der Waals surface area (Å²) in [6, 6.07) is 14.3. The number of piperazine rings is 1. The number of nitrogens with zero attached hydrogens (tertiary/aromatic N) is 3. The van der Waals surface area contributed by atoms with E-state index in [1.54, 1.807) is 23.5 Å². The van der Waals surface area contributed by atoms with Crippen molar-refractivity contribution in [1.29, 1.82) is 0 Å². The Kier molecular flexibility index (Phi) is 4.65. The molecule has 2 aromatic carbocycles. The van der Waals surface area contributed by atoms with E-state index in [2.05, 4.69) is 15.9 Å². The first-order valence-electron chi connectivity index (χ1n) is 8.45. The summed E-state index contributed by atoms with van der Waals surface area (Å²) in [6.45, 7) is 4.13. The fraction of sp³-hybridized carbons (Fsp3) is 0.316. The van der Waals surface area contributed by atoms with Crippen molar-refractivity contribution in [2.24, 2.45) is 0 Å². The fourth-order valence-electron chi connectivity index (χ4n) is 3.15. The summed E-state index contributed by atoms with van der Waals surface area (Å²) in [5, 5.41) is 11.4. The summed E-state index contributed by atoms with van der Waals surface area (Å²) < 4.78 is 14.2. The number of benzene rings is 2. The molecule has 1 unspecified atom stereocenters. The predicted molar refractivity (Wildman–Crippen MR) is 99.6 cm³/mol. The van der Waals surface area contributed by atoms with Gasteiger partial charge in [-0.25, -0.2) is 9.37 Å². The third-order valence-electron chi connectivity index (χ3n) is 4.61. The van der Waals surface area contributed by atoms with Gasteiger partial charge in [-0.2, -0.15) is 0 Å². The second kappa shape index (κ2) is 7.07. The Hall–Kier alpha value is -2.02. The Bertz CT molecular complexity index is 810. The van der Waals surface area contributed by atoms with Gasteiger partial charge in [0.2, 0.25) is 0 Å². The lowest BCUT2D eigenvalue weighted by Crippen LogP contribution is -2.47. The third-order valence-corrected chi connectivity index (χ3v) is 5.71. The highest BCUT2D eigenvalue weighted by Gasteiger charge is 2.22. The predicted octanol–water partition coefficient (Wildman–Crippen LogP) is 3.29. The largest absolute Gasteiger partial charge is 0.387 e. The van der Waals surface area contributed by atoms with Gasteiger partial charge in [-0.15, -0.1) is 0 Å². The molecule has 1 N–H and O–H groups in total. The number of para-hydroxylation sites is 1. The van der Waals surface area contributed by atoms with Crippen LogP contribution in [0.1, 0.15) is 11.7 Å². The first-order chi connectivity index (χ1) is 12.2. The van der Waals surface area contributed by atoms with Gasteiger partial charge in [-0.1, -0.05) is 35.6 Å². The molecular formula is C19H20FN3OS. The quantitative estimate of drug-likeness (QED) is 0.778. The van der Waals surface area contributed by atoms with Gasteiger partial charge in [0, 0.05) is 32.7 Å². The van der Waals surface area contributed by atoms with Crippen LogP contribution in [-0.2, 0) is 0 Å². The van der Waals surface area contributed by atoms with E-state index in [0.29, 0.717) is 6.54 Å². The van der Waals surface area contributed by atoms with Crippen molar-refractivity contribution >= 4 is 26.7 Å². The minimum absolute atomic E-state index is 0.277. The molecule has 130 valence electrons. The van der Waals surface area contributed by atoms with E-state index in [0.717, 1.165) is 42.4 Å². The van der Waals surface area contributed by atoms with Crippen LogP contribution in [0.2, 0.25) is 0 Å². The standard InChI is InChI=1S/C19H20FN3OS/c20-15-7-5-14(6-8-15)17(24)13-22-9-11-23(12-10-22)19-21-16-3-1-2-4-18(16)25-19/h1-8,17,24H,9-13H2. The molecule has 2 heterocycles. The summed E-state index contributed by atoms with van der Waals surface area (Å²) in [5.74, 6) is -0.277. The summed E-state index contributed by atoms with van der Waals surface area (Å²) >= 11 is 1.73. The smallest absolute Gasteiger partial charge is 0.186 e. The van der Waals surface area contributed by atoms with Gasteiger partial charge in [0.05, 0.1) is 16.3 Å². The van der Waals surface area contributed by atoms with Crippen molar-refractivity contribution < 1.29 is 9.50 Å². The van der Waals surface area contributed by atoms with Crippen molar-refractivity contribution in [3.8, 4) is 0 Å². The summed E-state index contributed by atoms with van der Waals surface area (Å²) in [5.41, 5.74) is 1.81. The van der Waals surface area contributed by atoms with Crippen LogP contribution >= 0.6 is 11.3 Å². The van der Waals surface area contributed by atoms with Crippen molar-refractivity contribution in [3.05, 3.63) is 59.9 Å². The molecule has 1 saturated heterocycles. The second-order valence-electron chi connectivity index (χ2n) is 6.32. The minimum atomic E-state index is -0.588. The summed E-state index contributed by atoms with van der Waals surface area (Å²) in [6.07, 6.45) is -0.588. The molecule has 0 amide bonds. The molecule has 4 nitrogen and oxygen atoms in total. The van der Waals surface area contributed by atoms with E-state index in [1.807, 2.05) is 18.2 Å². The van der Waals surface area contributed by atoms with E-state index in [4.69, 9.17) is 4.98 Å². The van der Waals surface area contributed by atoms with Crippen LogP contribution in [0.5, 0.6) is 0 Å². The molecule has 1 aliphatic heterocycles. The molecule has 6 heteroatoms. The number of aliphatic hydroxyl groups is 1. The van der Waals surface area contributed by atoms with Crippen LogP contribution in [0.15, 0.2) is 48.5 Å². The maximum Gasteiger partial charge on any atom is 0.186 e. The number of halogens is 1. The zero-order valence-electron chi connectivity index (χ0n) is 13.8. The van der Waals surface area contributed by atoms with Crippen LogP contribution < -0.4 is 4.90 Å². The second-order valence-corrected chi connectivity index (χ2v) is 7.33. The molecule has 4 rings (SSSR count). The van der Waals surface area contributed by atoms with E-state index in [9.17, 15) is 9.50 Å². The third kappa shape index (κ3) is 3.66. The van der Waals surface area contributed by atoms with Gasteiger partial charge in [-0.05, 0) is 29.8 Å². The number of rotatable bonds is 4. The number of thiazole rings is 1. The van der Waals surface area contributed by atoms with Crippen molar-refractivity contribution in [2.75, 3.05) is 37.6 Å². The molecule has 1 aromatic heterocycles. The Morgan fingerprint density at radius 3 is 2.48 bits per heavy atom. The van der Waals surface area contributed by atoms with Crippen LogP contribution in [0.3, 0.4) is 0 Å². The number of β-amino-alcohol motifs (C(OH)–C–C–N with tert-alkyl or cyclic N) is 1. The number of hydrogen-bond acceptors (Lipinski definition) is 5. The van der Waals surface area contributed by atoms with Crippen molar-refractivity contribution in [1.82, 2.24) is 9.88 Å². The number of fused-ring (bicyclic) bond motifs is 1. The molecule has 1 fully saturated rings. The molecule has 1 aliphatic rings. The van der Waals surface area contributed by atoms with E-state index < -0.39 is 6.10 Å². The number of anilines is 1.